The van der Waals surface area contributed by atoms with Crippen molar-refractivity contribution >= 4 is 103 Å². The van der Waals surface area contributed by atoms with Crippen LogP contribution in [-0.4, -0.2) is 45.7 Å². The first-order valence-corrected chi connectivity index (χ1v) is 20.5. The van der Waals surface area contributed by atoms with Crippen LogP contribution in [0.2, 0.25) is 10.0 Å². The number of anilines is 4. The van der Waals surface area contributed by atoms with Crippen molar-refractivity contribution in [3.05, 3.63) is 189 Å². The summed E-state index contributed by atoms with van der Waals surface area (Å²) in [7, 11) is 0. The summed E-state index contributed by atoms with van der Waals surface area (Å²) in [5, 5.41) is 29.6. The van der Waals surface area contributed by atoms with E-state index in [9.17, 15) is 39.0 Å². The van der Waals surface area contributed by atoms with E-state index < -0.39 is 35.4 Å². The van der Waals surface area contributed by atoms with Gasteiger partial charge in [0.25, 0.3) is 35.4 Å². The summed E-state index contributed by atoms with van der Waals surface area (Å²) in [5.74, 6) is -4.19. The Morgan fingerprint density at radius 1 is 0.462 bits per heavy atom. The number of benzene rings is 8. The molecule has 65 heavy (non-hydrogen) atoms. The zero-order valence-electron chi connectivity index (χ0n) is 33.3. The third-order valence-electron chi connectivity index (χ3n) is 11.1. The maximum atomic E-state index is 13.9. The number of hydrogen-bond acceptors (Lipinski definition) is 9. The Kier molecular flexibility index (Phi) is 9.78. The Hall–Kier alpha value is -8.52. The van der Waals surface area contributed by atoms with Gasteiger partial charge in [0.2, 0.25) is 0 Å². The number of nitrogens with one attached hydrogen (secondary N) is 2. The third kappa shape index (κ3) is 6.92. The zero-order chi connectivity index (χ0) is 45.3. The summed E-state index contributed by atoms with van der Waals surface area (Å²) >= 11 is 13.0. The van der Waals surface area contributed by atoms with E-state index in [0.717, 1.165) is 20.6 Å². The standard InChI is InChI=1S/C50H28Cl2N4O9/c51-39-19-11-27(53-45(59)35-15-9-25-5-1-3-7-31(25)43(35)57)21-41(39)55-47(61)33-17-13-29(23-37(33)49(55)63)65-30-14-18-34-38(24-30)50(64)56(48(34)62)42-22-28(12-20-40(42)52)54-46(60)36-16-10-26-6-2-4-8-32(26)44(36)58/h1-24,57-58H,(H,53,59)(H,54,60). The average molecular weight is 900 g/mol. The molecule has 10 rings (SSSR count). The van der Waals surface area contributed by atoms with Gasteiger partial charge in [0.1, 0.15) is 23.0 Å². The summed E-state index contributed by atoms with van der Waals surface area (Å²) in [5.41, 5.74) is 0.550. The summed E-state index contributed by atoms with van der Waals surface area (Å²) in [4.78, 5) is 83.4. The molecular formula is C50H28Cl2N4O9. The van der Waals surface area contributed by atoms with Crippen LogP contribution in [0.4, 0.5) is 22.7 Å². The van der Waals surface area contributed by atoms with Gasteiger partial charge in [0, 0.05) is 22.1 Å². The Labute approximate surface area is 377 Å². The first-order valence-electron chi connectivity index (χ1n) is 19.7. The number of ether oxygens (including phenoxy) is 1. The fraction of sp³-hybridized carbons (Fsp3) is 0. The first-order chi connectivity index (χ1) is 31.4. The molecule has 4 N–H and O–H groups in total. The number of imide groups is 2. The molecule has 0 aliphatic carbocycles. The third-order valence-corrected chi connectivity index (χ3v) is 11.8. The average Bonchev–Trinajstić information content (AvgIpc) is 3.70. The highest BCUT2D eigenvalue weighted by Crippen LogP contribution is 2.40. The maximum absolute atomic E-state index is 13.9. The van der Waals surface area contributed by atoms with Crippen molar-refractivity contribution in [3.63, 3.8) is 0 Å². The highest BCUT2D eigenvalue weighted by atomic mass is 35.5. The molecule has 0 saturated heterocycles. The minimum absolute atomic E-state index is 0.00414. The highest BCUT2D eigenvalue weighted by molar-refractivity contribution is 6.41. The number of aromatic hydroxyl groups is 2. The molecule has 0 saturated carbocycles. The second-order valence-electron chi connectivity index (χ2n) is 15.0. The lowest BCUT2D eigenvalue weighted by Gasteiger charge is -2.17. The molecule has 0 aromatic heterocycles. The molecule has 0 atom stereocenters. The molecule has 2 heterocycles. The lowest BCUT2D eigenvalue weighted by atomic mass is 10.0. The summed E-state index contributed by atoms with van der Waals surface area (Å²) in [6.45, 7) is 0. The lowest BCUT2D eigenvalue weighted by Crippen LogP contribution is -2.29. The van der Waals surface area contributed by atoms with Gasteiger partial charge in [-0.25, -0.2) is 9.80 Å². The molecular weight excluding hydrogens is 871 g/mol. The molecule has 0 bridgehead atoms. The van der Waals surface area contributed by atoms with Crippen molar-refractivity contribution in [2.75, 3.05) is 20.4 Å². The van der Waals surface area contributed by atoms with E-state index >= 15 is 0 Å². The van der Waals surface area contributed by atoms with E-state index in [1.165, 1.54) is 84.9 Å². The molecule has 6 amide bonds. The van der Waals surface area contributed by atoms with Gasteiger partial charge in [-0.05, 0) is 95.7 Å². The minimum atomic E-state index is -0.720. The predicted octanol–water partition coefficient (Wildman–Crippen LogP) is 10.6. The first kappa shape index (κ1) is 40.5. The number of phenolic OH excluding ortho intramolecular Hbond substituents is 2. The van der Waals surface area contributed by atoms with Gasteiger partial charge >= 0.3 is 0 Å². The van der Waals surface area contributed by atoms with Crippen LogP contribution in [0.15, 0.2) is 146 Å². The van der Waals surface area contributed by atoms with Gasteiger partial charge in [-0.3, -0.25) is 28.8 Å². The van der Waals surface area contributed by atoms with Crippen molar-refractivity contribution < 1.29 is 43.7 Å². The fourth-order valence-electron chi connectivity index (χ4n) is 7.94. The van der Waals surface area contributed by atoms with Gasteiger partial charge < -0.3 is 25.6 Å². The van der Waals surface area contributed by atoms with Gasteiger partial charge in [-0.1, -0.05) is 83.9 Å². The molecule has 8 aromatic carbocycles. The van der Waals surface area contributed by atoms with Crippen LogP contribution in [0, 0.1) is 0 Å². The Morgan fingerprint density at radius 2 is 0.862 bits per heavy atom. The predicted molar refractivity (Wildman–Crippen MR) is 245 cm³/mol. The molecule has 13 nitrogen and oxygen atoms in total. The molecule has 2 aliphatic rings. The van der Waals surface area contributed by atoms with E-state index in [4.69, 9.17) is 27.9 Å². The molecule has 2 aliphatic heterocycles. The summed E-state index contributed by atoms with van der Waals surface area (Å²) in [6, 6.07) is 37.5. The summed E-state index contributed by atoms with van der Waals surface area (Å²) < 4.78 is 6.06. The van der Waals surface area contributed by atoms with E-state index in [-0.39, 0.29) is 89.2 Å². The number of rotatable bonds is 8. The molecule has 316 valence electrons. The van der Waals surface area contributed by atoms with Crippen LogP contribution >= 0.6 is 23.2 Å². The normalized spacial score (nSPS) is 13.1. The van der Waals surface area contributed by atoms with Gasteiger partial charge in [-0.2, -0.15) is 0 Å². The Morgan fingerprint density at radius 3 is 1.29 bits per heavy atom. The number of phenols is 2. The van der Waals surface area contributed by atoms with E-state index in [1.54, 1.807) is 48.5 Å². The number of carbonyl (C=O) groups is 6. The number of hydrogen-bond donors (Lipinski definition) is 4. The van der Waals surface area contributed by atoms with Crippen molar-refractivity contribution in [2.24, 2.45) is 0 Å². The number of amides is 6. The van der Waals surface area contributed by atoms with Crippen LogP contribution < -0.4 is 25.2 Å². The lowest BCUT2D eigenvalue weighted by molar-refractivity contribution is 0.0910. The van der Waals surface area contributed by atoms with Crippen molar-refractivity contribution in [2.45, 2.75) is 0 Å². The molecule has 0 unspecified atom stereocenters. The number of fused-ring (bicyclic) bond motifs is 4. The quantitative estimate of drug-likeness (QED) is 0.108. The monoisotopic (exact) mass is 898 g/mol. The smallest absolute Gasteiger partial charge is 0.266 e. The van der Waals surface area contributed by atoms with E-state index in [1.807, 2.05) is 12.1 Å². The number of nitrogens with zero attached hydrogens (tertiary/aromatic N) is 2. The maximum Gasteiger partial charge on any atom is 0.266 e. The Bertz CT molecular complexity index is 3240. The zero-order valence-corrected chi connectivity index (χ0v) is 34.8. The molecule has 15 heteroatoms. The van der Waals surface area contributed by atoms with Crippen LogP contribution in [-0.2, 0) is 0 Å². The summed E-state index contributed by atoms with van der Waals surface area (Å²) in [6.07, 6.45) is 0. The van der Waals surface area contributed by atoms with Crippen LogP contribution in [0.25, 0.3) is 21.5 Å². The Balaban J connectivity index is 0.857. The van der Waals surface area contributed by atoms with Crippen LogP contribution in [0.5, 0.6) is 23.0 Å². The van der Waals surface area contributed by atoms with Gasteiger partial charge in [0.05, 0.1) is 54.8 Å². The molecule has 0 radical (unpaired) electrons. The fourth-order valence-corrected chi connectivity index (χ4v) is 8.34. The van der Waals surface area contributed by atoms with Crippen LogP contribution in [0.3, 0.4) is 0 Å². The number of carbonyl (C=O) groups excluding carboxylic acids is 6. The minimum Gasteiger partial charge on any atom is -0.506 e. The number of halogens is 2. The van der Waals surface area contributed by atoms with Crippen LogP contribution in [0.1, 0.15) is 62.1 Å². The highest BCUT2D eigenvalue weighted by Gasteiger charge is 2.40. The molecule has 0 spiro atoms. The van der Waals surface area contributed by atoms with E-state index in [2.05, 4.69) is 10.6 Å². The van der Waals surface area contributed by atoms with Crippen molar-refractivity contribution in [1.82, 2.24) is 0 Å². The molecule has 8 aromatic rings. The SMILES string of the molecule is O=C(Nc1ccc(Cl)c(N2C(=O)c3ccc(Oc4ccc5c(c4)C(=O)N(c4cc(NC(=O)c6ccc7ccccc7c6O)ccc4Cl)C5=O)cc3C2=O)c1)c1ccc2ccccc2c1O. The second kappa shape index (κ2) is 15.7. The van der Waals surface area contributed by atoms with Crippen molar-refractivity contribution in [3.8, 4) is 23.0 Å². The largest absolute Gasteiger partial charge is 0.506 e. The second-order valence-corrected chi connectivity index (χ2v) is 15.8. The molecule has 0 fully saturated rings. The van der Waals surface area contributed by atoms with Gasteiger partial charge in [-0.15, -0.1) is 0 Å². The van der Waals surface area contributed by atoms with E-state index in [0.29, 0.717) is 10.8 Å². The topological polar surface area (TPSA) is 183 Å². The van der Waals surface area contributed by atoms with Crippen molar-refractivity contribution in [1.29, 1.82) is 0 Å². The van der Waals surface area contributed by atoms with Gasteiger partial charge in [0.15, 0.2) is 0 Å².